The monoisotopic (exact) mass is 359 g/mol. The summed E-state index contributed by atoms with van der Waals surface area (Å²) < 4.78 is 5.80. The van der Waals surface area contributed by atoms with Crippen molar-refractivity contribution in [3.05, 3.63) is 54.1 Å². The molecule has 0 amide bonds. The van der Waals surface area contributed by atoms with Crippen LogP contribution in [0.1, 0.15) is 13.2 Å². The number of nitrogen functional groups attached to an aromatic ring is 1. The minimum atomic E-state index is -0.480. The third-order valence-corrected chi connectivity index (χ3v) is 3.01. The molecule has 0 aliphatic rings. The van der Waals surface area contributed by atoms with Crippen LogP contribution in [-0.4, -0.2) is 78.0 Å². The molecule has 0 atom stereocenters. The van der Waals surface area contributed by atoms with Crippen LogP contribution in [0.4, 0.5) is 5.69 Å². The first-order valence-corrected chi connectivity index (χ1v) is 7.49. The molecule has 2 rings (SSSR count). The van der Waals surface area contributed by atoms with Crippen molar-refractivity contribution in [2.24, 2.45) is 0 Å². The molecular weight excluding hydrogens is 333 g/mol. The predicted molar refractivity (Wildman–Crippen MR) is 102 cm³/mol. The minimum Gasteiger partial charge on any atom is -1.00 e. The topological polar surface area (TPSA) is 92.8 Å². The zero-order valence-electron chi connectivity index (χ0n) is 17.0. The maximum absolute atomic E-state index is 11.6. The van der Waals surface area contributed by atoms with Crippen molar-refractivity contribution < 1.29 is 27.1 Å². The molecule has 0 unspecified atom stereocenters. The van der Waals surface area contributed by atoms with Crippen molar-refractivity contribution in [1.29, 1.82) is 0 Å². The van der Waals surface area contributed by atoms with Gasteiger partial charge in [0.25, 0.3) is 0 Å². The molecule has 0 aliphatic carbocycles. The molecule has 134 valence electrons. The maximum Gasteiger partial charge on any atom is 2.00 e. The number of esters is 1. The van der Waals surface area contributed by atoms with Gasteiger partial charge < -0.3 is 28.0 Å². The first kappa shape index (κ1) is 23.0. The Hall–Kier alpha value is -1.96. The molecule has 0 fully saturated rings. The number of carbonyl (C=O) groups is 1. The Bertz CT molecular complexity index is 644. The van der Waals surface area contributed by atoms with Crippen molar-refractivity contribution in [2.75, 3.05) is 40.0 Å². The Labute approximate surface area is 167 Å². The number of phenolic OH excluding ortho intramolecular Hbond substituents is 2. The van der Waals surface area contributed by atoms with E-state index in [4.69, 9.17) is 15.6 Å². The van der Waals surface area contributed by atoms with E-state index in [1.165, 1.54) is 6.07 Å². The van der Waals surface area contributed by atoms with Gasteiger partial charge in [-0.05, 0) is 36.4 Å². The number of benzene rings is 2. The Kier molecular flexibility index (Phi) is 9.96. The SMILES string of the molecule is C[N+](C)(C)CCOC(=O)c1ccccc1O.Nc1ccc(O)cc1.[H-].[H-].[Mg+2]. The second kappa shape index (κ2) is 10.8. The van der Waals surface area contributed by atoms with Crippen LogP contribution in [0.3, 0.4) is 0 Å². The number of rotatable bonds is 4. The molecule has 6 nitrogen and oxygen atoms in total. The standard InChI is InChI=1S/C12H17NO3.C6H7NO.Mg.2H/c1-13(2,3)8-9-16-12(15)10-6-4-5-7-11(10)14;7-5-1-3-6(8)4-2-5;;;/h4-7H,8-9H2,1-3H3;1-4,8H,7H2;;;/q;;+2;2*-1/p+1. The van der Waals surface area contributed by atoms with E-state index in [-0.39, 0.29) is 43.0 Å². The minimum absolute atomic E-state index is 0. The summed E-state index contributed by atoms with van der Waals surface area (Å²) in [7, 11) is 6.06. The van der Waals surface area contributed by atoms with E-state index < -0.39 is 5.97 Å². The van der Waals surface area contributed by atoms with E-state index in [1.54, 1.807) is 42.5 Å². The smallest absolute Gasteiger partial charge is 1.00 e. The van der Waals surface area contributed by atoms with Crippen LogP contribution in [0.5, 0.6) is 11.5 Å². The summed E-state index contributed by atoms with van der Waals surface area (Å²) in [6.07, 6.45) is 0. The van der Waals surface area contributed by atoms with Crippen LogP contribution < -0.4 is 5.73 Å². The van der Waals surface area contributed by atoms with Crippen molar-refractivity contribution in [3.63, 3.8) is 0 Å². The number of anilines is 1. The van der Waals surface area contributed by atoms with Gasteiger partial charge in [0.05, 0.1) is 21.1 Å². The maximum atomic E-state index is 11.6. The van der Waals surface area contributed by atoms with Crippen LogP contribution in [-0.2, 0) is 4.74 Å². The third kappa shape index (κ3) is 9.81. The van der Waals surface area contributed by atoms with Gasteiger partial charge >= 0.3 is 29.0 Å². The van der Waals surface area contributed by atoms with Crippen LogP contribution in [0.15, 0.2) is 48.5 Å². The number of nitrogens with two attached hydrogens (primary N) is 1. The molecule has 0 saturated heterocycles. The predicted octanol–water partition coefficient (Wildman–Crippen LogP) is 2.07. The van der Waals surface area contributed by atoms with E-state index in [1.807, 2.05) is 21.1 Å². The summed E-state index contributed by atoms with van der Waals surface area (Å²) in [6, 6.07) is 12.8. The molecule has 25 heavy (non-hydrogen) atoms. The van der Waals surface area contributed by atoms with Gasteiger partial charge in [0.2, 0.25) is 0 Å². The van der Waals surface area contributed by atoms with Crippen LogP contribution in [0.25, 0.3) is 0 Å². The second-order valence-corrected chi connectivity index (χ2v) is 6.26. The van der Waals surface area contributed by atoms with E-state index in [2.05, 4.69) is 0 Å². The van der Waals surface area contributed by atoms with Gasteiger partial charge in [-0.15, -0.1) is 0 Å². The zero-order valence-corrected chi connectivity index (χ0v) is 16.4. The van der Waals surface area contributed by atoms with Gasteiger partial charge in [-0.25, -0.2) is 4.79 Å². The molecule has 0 radical (unpaired) electrons. The summed E-state index contributed by atoms with van der Waals surface area (Å²) in [5.74, 6) is -0.275. The summed E-state index contributed by atoms with van der Waals surface area (Å²) in [5, 5.41) is 18.1. The molecule has 0 heterocycles. The first-order chi connectivity index (χ1) is 11.2. The van der Waals surface area contributed by atoms with Crippen LogP contribution in [0.2, 0.25) is 0 Å². The van der Waals surface area contributed by atoms with Gasteiger partial charge in [-0.2, -0.15) is 0 Å². The van der Waals surface area contributed by atoms with E-state index >= 15 is 0 Å². The Morgan fingerprint density at radius 2 is 1.64 bits per heavy atom. The molecule has 0 aromatic heterocycles. The molecule has 0 aliphatic heterocycles. The Balaban J connectivity index is -0.000000450. The molecule has 0 saturated carbocycles. The average Bonchev–Trinajstić information content (AvgIpc) is 2.50. The number of para-hydroxylation sites is 1. The third-order valence-electron chi connectivity index (χ3n) is 3.01. The number of quaternary nitrogens is 1. The van der Waals surface area contributed by atoms with Gasteiger partial charge in [0, 0.05) is 5.69 Å². The molecule has 0 spiro atoms. The fourth-order valence-corrected chi connectivity index (χ4v) is 1.61. The fraction of sp³-hybridized carbons (Fsp3) is 0.278. The zero-order chi connectivity index (χ0) is 18.2. The number of hydrogen-bond acceptors (Lipinski definition) is 5. The van der Waals surface area contributed by atoms with E-state index in [0.717, 1.165) is 11.0 Å². The van der Waals surface area contributed by atoms with Gasteiger partial charge in [-0.3, -0.25) is 0 Å². The van der Waals surface area contributed by atoms with Crippen LogP contribution in [0, 0.1) is 0 Å². The van der Waals surface area contributed by atoms with E-state index in [0.29, 0.717) is 12.3 Å². The number of hydrogen-bond donors (Lipinski definition) is 3. The van der Waals surface area contributed by atoms with Crippen molar-refractivity contribution in [3.8, 4) is 11.5 Å². The van der Waals surface area contributed by atoms with Crippen LogP contribution >= 0.6 is 0 Å². The van der Waals surface area contributed by atoms with Gasteiger partial charge in [0.1, 0.15) is 30.2 Å². The molecule has 7 heteroatoms. The number of phenols is 2. The molecule has 0 bridgehead atoms. The first-order valence-electron chi connectivity index (χ1n) is 7.49. The number of likely N-dealkylation sites (N-methyl/N-ethyl adjacent to an activating group) is 1. The summed E-state index contributed by atoms with van der Waals surface area (Å²) in [6.45, 7) is 1.08. The molecule has 2 aromatic rings. The van der Waals surface area contributed by atoms with Crippen molar-refractivity contribution >= 4 is 34.7 Å². The quantitative estimate of drug-likeness (QED) is 0.255. The molecule has 4 N–H and O–H groups in total. The number of nitrogens with zero attached hydrogens (tertiary/aromatic N) is 1. The largest absolute Gasteiger partial charge is 2.00 e. The van der Waals surface area contributed by atoms with Gasteiger partial charge in [-0.1, -0.05) is 12.1 Å². The number of aromatic hydroxyl groups is 2. The number of ether oxygens (including phenoxy) is 1. The average molecular weight is 360 g/mol. The molecular formula is C18H27MgN2O4+. The summed E-state index contributed by atoms with van der Waals surface area (Å²) >= 11 is 0. The van der Waals surface area contributed by atoms with Crippen molar-refractivity contribution in [2.45, 2.75) is 0 Å². The summed E-state index contributed by atoms with van der Waals surface area (Å²) in [5.41, 5.74) is 6.20. The molecule has 2 aromatic carbocycles. The Morgan fingerprint density at radius 1 is 1.08 bits per heavy atom. The summed E-state index contributed by atoms with van der Waals surface area (Å²) in [4.78, 5) is 11.6. The Morgan fingerprint density at radius 3 is 2.12 bits per heavy atom. The fourth-order valence-electron chi connectivity index (χ4n) is 1.61. The number of carbonyl (C=O) groups excluding carboxylic acids is 1. The van der Waals surface area contributed by atoms with Crippen molar-refractivity contribution in [1.82, 2.24) is 0 Å². The normalized spacial score (nSPS) is 10.0. The van der Waals surface area contributed by atoms with Gasteiger partial charge in [0.15, 0.2) is 0 Å². The second-order valence-electron chi connectivity index (χ2n) is 6.26. The van der Waals surface area contributed by atoms with E-state index in [9.17, 15) is 9.90 Å².